The molecule has 0 saturated heterocycles. The largest absolute Gasteiger partial charge is 0.497 e. The molecular formula is C21H27NO3. The third-order valence-corrected chi connectivity index (χ3v) is 4.29. The smallest absolute Gasteiger partial charge is 0.227 e. The van der Waals surface area contributed by atoms with Crippen molar-refractivity contribution in [1.82, 2.24) is 4.90 Å². The van der Waals surface area contributed by atoms with Crippen molar-refractivity contribution in [1.29, 1.82) is 0 Å². The molecule has 2 aromatic rings. The van der Waals surface area contributed by atoms with Crippen LogP contribution in [0.25, 0.3) is 0 Å². The molecule has 0 heterocycles. The first kappa shape index (κ1) is 18.8. The predicted octanol–water partition coefficient (Wildman–Crippen LogP) is 4.25. The Morgan fingerprint density at radius 3 is 2.40 bits per heavy atom. The van der Waals surface area contributed by atoms with Crippen LogP contribution in [-0.2, 0) is 11.2 Å². The summed E-state index contributed by atoms with van der Waals surface area (Å²) >= 11 is 0. The van der Waals surface area contributed by atoms with E-state index in [0.717, 1.165) is 22.6 Å². The van der Waals surface area contributed by atoms with Crippen molar-refractivity contribution in [2.24, 2.45) is 0 Å². The third-order valence-electron chi connectivity index (χ3n) is 4.29. The van der Waals surface area contributed by atoms with Gasteiger partial charge < -0.3 is 14.4 Å². The predicted molar refractivity (Wildman–Crippen MR) is 100 cm³/mol. The minimum atomic E-state index is -0.00435. The molecule has 0 bridgehead atoms. The number of carbonyl (C=O) groups excluding carboxylic acids is 1. The number of carbonyl (C=O) groups is 1. The van der Waals surface area contributed by atoms with Gasteiger partial charge in [0.25, 0.3) is 0 Å². The summed E-state index contributed by atoms with van der Waals surface area (Å²) in [5, 5.41) is 0. The summed E-state index contributed by atoms with van der Waals surface area (Å²) in [6, 6.07) is 15.6. The Balaban J connectivity index is 2.08. The first-order valence-electron chi connectivity index (χ1n) is 8.74. The summed E-state index contributed by atoms with van der Waals surface area (Å²) in [5.41, 5.74) is 2.06. The molecule has 25 heavy (non-hydrogen) atoms. The van der Waals surface area contributed by atoms with Crippen LogP contribution in [0.4, 0.5) is 0 Å². The van der Waals surface area contributed by atoms with Crippen molar-refractivity contribution in [3.05, 3.63) is 59.7 Å². The molecule has 4 heteroatoms. The zero-order valence-corrected chi connectivity index (χ0v) is 15.5. The molecule has 0 aliphatic heterocycles. The van der Waals surface area contributed by atoms with E-state index in [1.165, 1.54) is 0 Å². The van der Waals surface area contributed by atoms with Crippen molar-refractivity contribution in [3.8, 4) is 11.5 Å². The summed E-state index contributed by atoms with van der Waals surface area (Å²) in [6.07, 6.45) is 0.383. The number of methoxy groups -OCH3 is 1. The maximum absolute atomic E-state index is 12.8. The van der Waals surface area contributed by atoms with Crippen LogP contribution < -0.4 is 9.47 Å². The summed E-state index contributed by atoms with van der Waals surface area (Å²) in [5.74, 6) is 1.75. The number of rotatable bonds is 8. The van der Waals surface area contributed by atoms with E-state index in [4.69, 9.17) is 9.47 Å². The van der Waals surface area contributed by atoms with Gasteiger partial charge in [0.15, 0.2) is 0 Å². The minimum Gasteiger partial charge on any atom is -0.497 e. The summed E-state index contributed by atoms with van der Waals surface area (Å²) < 4.78 is 10.7. The van der Waals surface area contributed by atoms with Crippen LogP contribution in [0.1, 0.15) is 37.9 Å². The number of likely N-dealkylation sites (N-methyl/N-ethyl adjacent to an activating group) is 1. The Hall–Kier alpha value is -2.49. The molecule has 0 radical (unpaired) electrons. The van der Waals surface area contributed by atoms with Crippen molar-refractivity contribution in [2.75, 3.05) is 20.3 Å². The topological polar surface area (TPSA) is 38.8 Å². The number of ether oxygens (including phenoxy) is 2. The molecule has 0 aromatic heterocycles. The molecule has 0 spiro atoms. The molecule has 2 aromatic carbocycles. The van der Waals surface area contributed by atoms with Gasteiger partial charge in [-0.3, -0.25) is 4.79 Å². The fraction of sp³-hybridized carbons (Fsp3) is 0.381. The molecule has 1 amide bonds. The summed E-state index contributed by atoms with van der Waals surface area (Å²) in [4.78, 5) is 14.7. The standard InChI is InChI=1S/C21H27NO3/c1-5-22(16(3)18-8-7-9-20(15-18)24-4)21(23)14-17-10-12-19(13-11-17)25-6-2/h7-13,15-16H,5-6,14H2,1-4H3. The van der Waals surface area contributed by atoms with Gasteiger partial charge in [-0.05, 0) is 56.2 Å². The molecule has 2 rings (SSSR count). The van der Waals surface area contributed by atoms with E-state index in [9.17, 15) is 4.79 Å². The van der Waals surface area contributed by atoms with Gasteiger partial charge in [-0.2, -0.15) is 0 Å². The number of hydrogen-bond donors (Lipinski definition) is 0. The van der Waals surface area contributed by atoms with Crippen molar-refractivity contribution < 1.29 is 14.3 Å². The first-order chi connectivity index (χ1) is 12.1. The highest BCUT2D eigenvalue weighted by atomic mass is 16.5. The average molecular weight is 341 g/mol. The Morgan fingerprint density at radius 2 is 1.80 bits per heavy atom. The number of nitrogens with zero attached hydrogens (tertiary/aromatic N) is 1. The zero-order valence-electron chi connectivity index (χ0n) is 15.5. The van der Waals surface area contributed by atoms with Gasteiger partial charge in [0.05, 0.1) is 26.2 Å². The van der Waals surface area contributed by atoms with Crippen LogP contribution in [0, 0.1) is 0 Å². The quantitative estimate of drug-likeness (QED) is 0.721. The Morgan fingerprint density at radius 1 is 1.08 bits per heavy atom. The van der Waals surface area contributed by atoms with Gasteiger partial charge in [0.1, 0.15) is 11.5 Å². The lowest BCUT2D eigenvalue weighted by molar-refractivity contribution is -0.132. The van der Waals surface area contributed by atoms with E-state index in [0.29, 0.717) is 19.6 Å². The highest BCUT2D eigenvalue weighted by Crippen LogP contribution is 2.24. The summed E-state index contributed by atoms with van der Waals surface area (Å²) in [6.45, 7) is 7.31. The second-order valence-corrected chi connectivity index (χ2v) is 5.89. The summed E-state index contributed by atoms with van der Waals surface area (Å²) in [7, 11) is 1.65. The molecule has 0 aliphatic rings. The normalized spacial score (nSPS) is 11.7. The van der Waals surface area contributed by atoms with Crippen molar-refractivity contribution in [2.45, 2.75) is 33.2 Å². The van der Waals surface area contributed by atoms with Crippen LogP contribution in [0.3, 0.4) is 0 Å². The molecule has 0 N–H and O–H groups in total. The average Bonchev–Trinajstić information content (AvgIpc) is 2.64. The highest BCUT2D eigenvalue weighted by molar-refractivity contribution is 5.79. The molecule has 134 valence electrons. The van der Waals surface area contributed by atoms with Gasteiger partial charge in [-0.25, -0.2) is 0 Å². The second kappa shape index (κ2) is 9.11. The van der Waals surface area contributed by atoms with Crippen molar-refractivity contribution >= 4 is 5.91 Å². The lowest BCUT2D eigenvalue weighted by atomic mass is 10.0. The van der Waals surface area contributed by atoms with Gasteiger partial charge in [0, 0.05) is 6.54 Å². The SMILES string of the molecule is CCOc1ccc(CC(=O)N(CC)C(C)c2cccc(OC)c2)cc1. The van der Waals surface area contributed by atoms with Crippen LogP contribution in [0.15, 0.2) is 48.5 Å². The number of hydrogen-bond acceptors (Lipinski definition) is 3. The fourth-order valence-corrected chi connectivity index (χ4v) is 2.89. The molecule has 0 saturated carbocycles. The highest BCUT2D eigenvalue weighted by Gasteiger charge is 2.20. The van der Waals surface area contributed by atoms with Crippen LogP contribution >= 0.6 is 0 Å². The van der Waals surface area contributed by atoms with E-state index in [-0.39, 0.29) is 11.9 Å². The lowest BCUT2D eigenvalue weighted by Crippen LogP contribution is -2.34. The number of amides is 1. The van der Waals surface area contributed by atoms with E-state index < -0.39 is 0 Å². The van der Waals surface area contributed by atoms with Gasteiger partial charge in [0.2, 0.25) is 5.91 Å². The maximum Gasteiger partial charge on any atom is 0.227 e. The molecule has 0 aliphatic carbocycles. The zero-order chi connectivity index (χ0) is 18.2. The van der Waals surface area contributed by atoms with E-state index in [2.05, 4.69) is 0 Å². The van der Waals surface area contributed by atoms with Crippen molar-refractivity contribution in [3.63, 3.8) is 0 Å². The first-order valence-corrected chi connectivity index (χ1v) is 8.74. The van der Waals surface area contributed by atoms with Gasteiger partial charge >= 0.3 is 0 Å². The van der Waals surface area contributed by atoms with Crippen LogP contribution in [0.5, 0.6) is 11.5 Å². The Kier molecular flexibility index (Phi) is 6.87. The minimum absolute atomic E-state index is 0.00435. The lowest BCUT2D eigenvalue weighted by Gasteiger charge is -2.29. The fourth-order valence-electron chi connectivity index (χ4n) is 2.89. The third kappa shape index (κ3) is 4.99. The van der Waals surface area contributed by atoms with E-state index in [1.807, 2.05) is 74.2 Å². The maximum atomic E-state index is 12.8. The molecule has 1 unspecified atom stereocenters. The number of benzene rings is 2. The molecule has 1 atom stereocenters. The monoisotopic (exact) mass is 341 g/mol. The molecule has 0 fully saturated rings. The van der Waals surface area contributed by atoms with E-state index in [1.54, 1.807) is 7.11 Å². The Labute approximate surface area is 150 Å². The van der Waals surface area contributed by atoms with E-state index >= 15 is 0 Å². The van der Waals surface area contributed by atoms with Gasteiger partial charge in [-0.15, -0.1) is 0 Å². The molecular weight excluding hydrogens is 314 g/mol. The van der Waals surface area contributed by atoms with Gasteiger partial charge in [-0.1, -0.05) is 24.3 Å². The van der Waals surface area contributed by atoms with Crippen LogP contribution in [-0.4, -0.2) is 31.1 Å². The second-order valence-electron chi connectivity index (χ2n) is 5.89. The molecule has 4 nitrogen and oxygen atoms in total. The Bertz CT molecular complexity index is 682. The van der Waals surface area contributed by atoms with Crippen LogP contribution in [0.2, 0.25) is 0 Å².